The maximum absolute atomic E-state index is 11.8. The molecule has 2 heterocycles. The van der Waals surface area contributed by atoms with Crippen molar-refractivity contribution in [3.05, 3.63) is 72.2 Å². The molecule has 4 rings (SSSR count). The van der Waals surface area contributed by atoms with Gasteiger partial charge in [0.1, 0.15) is 5.76 Å². The lowest BCUT2D eigenvalue weighted by atomic mass is 10.1. The number of aromatic nitrogens is 1. The molecule has 107 valence electrons. The Morgan fingerprint density at radius 3 is 2.77 bits per heavy atom. The summed E-state index contributed by atoms with van der Waals surface area (Å²) < 4.78 is 7.58. The van der Waals surface area contributed by atoms with Crippen molar-refractivity contribution in [1.29, 1.82) is 0 Å². The van der Waals surface area contributed by atoms with Gasteiger partial charge in [0.15, 0.2) is 0 Å². The summed E-state index contributed by atoms with van der Waals surface area (Å²) in [6.07, 6.45) is 1.66. The average molecular weight is 289 g/mol. The first-order valence-corrected chi connectivity index (χ1v) is 6.99. The molecule has 0 unspecified atom stereocenters. The molecule has 0 bridgehead atoms. The summed E-state index contributed by atoms with van der Waals surface area (Å²) in [4.78, 5) is 11.8. The molecule has 4 aromatic rings. The van der Waals surface area contributed by atoms with E-state index in [1.54, 1.807) is 12.3 Å². The number of hydrogen-bond donors (Lipinski definition) is 1. The zero-order valence-electron chi connectivity index (χ0n) is 11.7. The molecule has 2 N–H and O–H groups in total. The largest absolute Gasteiger partial charge is 0.467 e. The van der Waals surface area contributed by atoms with Gasteiger partial charge in [-0.3, -0.25) is 4.79 Å². The van der Waals surface area contributed by atoms with Crippen molar-refractivity contribution in [2.24, 2.45) is 5.73 Å². The molecule has 2 aromatic carbocycles. The number of nitrogens with two attached hydrogens (primary N) is 1. The number of benzene rings is 2. The van der Waals surface area contributed by atoms with E-state index in [1.165, 1.54) is 0 Å². The fraction of sp³-hybridized carbons (Fsp3) is 0.0556. The van der Waals surface area contributed by atoms with Crippen LogP contribution in [0.4, 0.5) is 0 Å². The Labute approximate surface area is 126 Å². The first kappa shape index (κ1) is 12.7. The van der Waals surface area contributed by atoms with Gasteiger partial charge in [0.25, 0.3) is 0 Å². The van der Waals surface area contributed by atoms with Crippen molar-refractivity contribution in [1.82, 2.24) is 4.57 Å². The van der Waals surface area contributed by atoms with Gasteiger partial charge in [-0.05, 0) is 36.4 Å². The maximum atomic E-state index is 11.8. The van der Waals surface area contributed by atoms with Crippen LogP contribution < -0.4 is 5.73 Å². The quantitative estimate of drug-likeness (QED) is 0.629. The zero-order valence-corrected chi connectivity index (χ0v) is 11.7. The van der Waals surface area contributed by atoms with Crippen molar-refractivity contribution in [3.63, 3.8) is 0 Å². The van der Waals surface area contributed by atoms with E-state index in [2.05, 4.69) is 10.6 Å². The summed E-state index contributed by atoms with van der Waals surface area (Å²) in [6, 6.07) is 18.4. The van der Waals surface area contributed by atoms with Crippen molar-refractivity contribution in [3.8, 4) is 0 Å². The van der Waals surface area contributed by atoms with Gasteiger partial charge in [0.2, 0.25) is 5.91 Å². The molecule has 1 radical (unpaired) electrons. The second-order valence-corrected chi connectivity index (χ2v) is 5.16. The molecule has 1 amide bonds. The summed E-state index contributed by atoms with van der Waals surface area (Å²) >= 11 is 0. The highest BCUT2D eigenvalue weighted by molar-refractivity contribution is 6.17. The fourth-order valence-corrected chi connectivity index (χ4v) is 2.94. The summed E-state index contributed by atoms with van der Waals surface area (Å²) in [5, 5.41) is 1.75. The third-order valence-electron chi connectivity index (χ3n) is 3.87. The van der Waals surface area contributed by atoms with E-state index < -0.39 is 5.91 Å². The minimum absolute atomic E-state index is 0.431. The fourth-order valence-electron chi connectivity index (χ4n) is 2.94. The first-order valence-electron chi connectivity index (χ1n) is 6.99. The van der Waals surface area contributed by atoms with E-state index >= 15 is 0 Å². The maximum Gasteiger partial charge on any atom is 0.249 e. The third kappa shape index (κ3) is 1.81. The lowest BCUT2D eigenvalue weighted by Gasteiger charge is -2.05. The van der Waals surface area contributed by atoms with Crippen molar-refractivity contribution in [2.45, 2.75) is 6.54 Å². The molecule has 2 aromatic heterocycles. The van der Waals surface area contributed by atoms with Gasteiger partial charge in [-0.1, -0.05) is 18.2 Å². The molecule has 0 aliphatic heterocycles. The van der Waals surface area contributed by atoms with Crippen LogP contribution in [-0.2, 0) is 6.54 Å². The van der Waals surface area contributed by atoms with Crippen LogP contribution >= 0.6 is 0 Å². The highest BCUT2D eigenvalue weighted by atomic mass is 16.3. The van der Waals surface area contributed by atoms with E-state index in [4.69, 9.17) is 10.2 Å². The number of nitrogens with zero attached hydrogens (tertiary/aromatic N) is 1. The molecule has 4 heteroatoms. The number of hydrogen-bond acceptors (Lipinski definition) is 2. The van der Waals surface area contributed by atoms with Gasteiger partial charge in [0, 0.05) is 16.3 Å². The molecule has 0 atom stereocenters. The predicted molar refractivity (Wildman–Crippen MR) is 84.6 cm³/mol. The molecule has 0 saturated heterocycles. The van der Waals surface area contributed by atoms with Crippen LogP contribution in [0, 0.1) is 6.07 Å². The number of rotatable bonds is 3. The standard InChI is InChI=1S/C18H13N2O2/c19-18(21)14-7-3-9-16-17(14)13-6-1-2-8-15(13)20(16)11-12-5-4-10-22-12/h1-5,7-10H,11H2,(H2,19,21). The van der Waals surface area contributed by atoms with Gasteiger partial charge >= 0.3 is 0 Å². The average Bonchev–Trinajstić information content (AvgIpc) is 3.15. The first-order chi connectivity index (χ1) is 10.8. The lowest BCUT2D eigenvalue weighted by Crippen LogP contribution is -2.11. The summed E-state index contributed by atoms with van der Waals surface area (Å²) in [5.41, 5.74) is 8.00. The second kappa shape index (κ2) is 4.77. The van der Waals surface area contributed by atoms with Gasteiger partial charge in [0.05, 0.1) is 23.8 Å². The monoisotopic (exact) mass is 289 g/mol. The highest BCUT2D eigenvalue weighted by Gasteiger charge is 2.16. The second-order valence-electron chi connectivity index (χ2n) is 5.16. The Morgan fingerprint density at radius 2 is 2.00 bits per heavy atom. The Hall–Kier alpha value is -3.01. The molecule has 0 spiro atoms. The smallest absolute Gasteiger partial charge is 0.249 e. The Kier molecular flexibility index (Phi) is 2.76. The summed E-state index contributed by atoms with van der Waals surface area (Å²) in [5.74, 6) is 0.423. The number of furan rings is 1. The zero-order chi connectivity index (χ0) is 15.1. The van der Waals surface area contributed by atoms with E-state index in [-0.39, 0.29) is 0 Å². The topological polar surface area (TPSA) is 61.2 Å². The number of fused-ring (bicyclic) bond motifs is 3. The minimum Gasteiger partial charge on any atom is -0.467 e. The number of amides is 1. The Morgan fingerprint density at radius 1 is 1.14 bits per heavy atom. The van der Waals surface area contributed by atoms with E-state index in [9.17, 15) is 4.79 Å². The summed E-state index contributed by atoms with van der Waals surface area (Å²) in [7, 11) is 0. The molecule has 0 fully saturated rings. The molecule has 0 aliphatic carbocycles. The van der Waals surface area contributed by atoms with Gasteiger partial charge in [-0.25, -0.2) is 0 Å². The molecule has 22 heavy (non-hydrogen) atoms. The van der Waals surface area contributed by atoms with Crippen LogP contribution in [0.5, 0.6) is 0 Å². The van der Waals surface area contributed by atoms with E-state index in [0.717, 1.165) is 27.6 Å². The molecule has 0 aliphatic rings. The number of primary amides is 1. The van der Waals surface area contributed by atoms with Crippen molar-refractivity contribution in [2.75, 3.05) is 0 Å². The number of carbonyl (C=O) groups excluding carboxylic acids is 1. The highest BCUT2D eigenvalue weighted by Crippen LogP contribution is 2.31. The van der Waals surface area contributed by atoms with Crippen LogP contribution in [0.25, 0.3) is 21.8 Å². The normalized spacial score (nSPS) is 11.3. The van der Waals surface area contributed by atoms with Crippen LogP contribution in [0.1, 0.15) is 16.1 Å². The SMILES string of the molecule is NC(=O)c1cccc2c1c1[c]cccc1n2Cc1ccco1. The van der Waals surface area contributed by atoms with Gasteiger partial charge in [-0.15, -0.1) is 0 Å². The number of carbonyl (C=O) groups is 1. The van der Waals surface area contributed by atoms with Gasteiger partial charge < -0.3 is 14.7 Å². The molecular weight excluding hydrogens is 276 g/mol. The van der Waals surface area contributed by atoms with Crippen molar-refractivity contribution < 1.29 is 9.21 Å². The lowest BCUT2D eigenvalue weighted by molar-refractivity contribution is 0.100. The van der Waals surface area contributed by atoms with Gasteiger partial charge in [-0.2, -0.15) is 0 Å². The van der Waals surface area contributed by atoms with Crippen LogP contribution in [0.15, 0.2) is 59.2 Å². The van der Waals surface area contributed by atoms with E-state index in [0.29, 0.717) is 12.1 Å². The third-order valence-corrected chi connectivity index (χ3v) is 3.87. The summed E-state index contributed by atoms with van der Waals surface area (Å²) in [6.45, 7) is 0.590. The molecule has 4 nitrogen and oxygen atoms in total. The van der Waals surface area contributed by atoms with E-state index in [1.807, 2.05) is 42.5 Å². The van der Waals surface area contributed by atoms with Crippen LogP contribution in [-0.4, -0.2) is 10.5 Å². The molecular formula is C18H13N2O2. The van der Waals surface area contributed by atoms with Crippen LogP contribution in [0.3, 0.4) is 0 Å². The predicted octanol–water partition coefficient (Wildman–Crippen LogP) is 3.33. The Bertz CT molecular complexity index is 981. The Balaban J connectivity index is 2.09. The minimum atomic E-state index is -0.431. The van der Waals surface area contributed by atoms with Crippen molar-refractivity contribution >= 4 is 27.7 Å². The molecule has 0 saturated carbocycles. The van der Waals surface area contributed by atoms with Crippen LogP contribution in [0.2, 0.25) is 0 Å².